The summed E-state index contributed by atoms with van der Waals surface area (Å²) < 4.78 is 5.38. The summed E-state index contributed by atoms with van der Waals surface area (Å²) in [5.74, 6) is -0.338. The minimum absolute atomic E-state index is 0.179. The van der Waals surface area contributed by atoms with E-state index in [2.05, 4.69) is 29.3 Å². The van der Waals surface area contributed by atoms with Crippen LogP contribution in [-0.4, -0.2) is 43.8 Å². The van der Waals surface area contributed by atoms with E-state index in [0.29, 0.717) is 13.2 Å². The van der Waals surface area contributed by atoms with E-state index in [1.54, 1.807) is 0 Å². The minimum Gasteiger partial charge on any atom is -0.379 e. The highest BCUT2D eigenvalue weighted by molar-refractivity contribution is 5.87. The number of hydrazine groups is 1. The van der Waals surface area contributed by atoms with Crippen LogP contribution in [0.1, 0.15) is 0 Å². The summed E-state index contributed by atoms with van der Waals surface area (Å²) in [5, 5.41) is 6.41. The number of hydrogen-bond acceptors (Lipinski definition) is 4. The zero-order valence-corrected chi connectivity index (χ0v) is 11.9. The maximum absolute atomic E-state index is 11.4. The van der Waals surface area contributed by atoms with Crippen molar-refractivity contribution in [2.45, 2.75) is 0 Å². The molecule has 0 aromatic heterocycles. The van der Waals surface area contributed by atoms with Gasteiger partial charge in [-0.25, -0.2) is 5.01 Å². The fourth-order valence-corrected chi connectivity index (χ4v) is 2.63. The predicted octanol–water partition coefficient (Wildman–Crippen LogP) is 1.38. The van der Waals surface area contributed by atoms with Crippen molar-refractivity contribution < 1.29 is 9.53 Å². The Morgan fingerprint density at radius 1 is 1.14 bits per heavy atom. The molecule has 110 valence electrons. The average molecular weight is 285 g/mol. The summed E-state index contributed by atoms with van der Waals surface area (Å²) in [4.78, 5) is 11.4. The fraction of sp³-hybridized carbons (Fsp3) is 0.312. The number of primary amides is 1. The number of carbonyl (C=O) groups is 1. The highest BCUT2D eigenvalue weighted by atomic mass is 16.5. The normalized spacial score (nSPS) is 16.0. The van der Waals surface area contributed by atoms with Gasteiger partial charge in [0, 0.05) is 13.1 Å². The van der Waals surface area contributed by atoms with Crippen molar-refractivity contribution in [1.82, 2.24) is 5.01 Å². The van der Waals surface area contributed by atoms with Crippen LogP contribution in [-0.2, 0) is 9.53 Å². The molecule has 2 aromatic carbocycles. The van der Waals surface area contributed by atoms with Crippen molar-refractivity contribution in [3.63, 3.8) is 0 Å². The largest absolute Gasteiger partial charge is 0.379 e. The van der Waals surface area contributed by atoms with Crippen molar-refractivity contribution in [2.24, 2.45) is 5.73 Å². The molecule has 0 spiro atoms. The topological polar surface area (TPSA) is 58.8 Å². The van der Waals surface area contributed by atoms with Crippen LogP contribution in [0.15, 0.2) is 42.5 Å². The van der Waals surface area contributed by atoms with E-state index in [0.717, 1.165) is 24.2 Å². The maximum atomic E-state index is 11.4. The standard InChI is InChI=1S/C16H19N3O2/c17-16(20)12-19(18-7-9-21-10-8-18)15-6-5-13-3-1-2-4-14(13)11-15/h1-6,11H,7-10,12H2,(H2,17,20). The first-order valence-electron chi connectivity index (χ1n) is 7.11. The molecule has 2 aromatic rings. The van der Waals surface area contributed by atoms with Crippen molar-refractivity contribution in [3.05, 3.63) is 42.5 Å². The molecule has 1 fully saturated rings. The Labute approximate surface area is 123 Å². The maximum Gasteiger partial charge on any atom is 0.238 e. The van der Waals surface area contributed by atoms with Crippen LogP contribution in [0.4, 0.5) is 5.69 Å². The number of nitrogens with two attached hydrogens (primary N) is 1. The van der Waals surface area contributed by atoms with Crippen LogP contribution in [0.25, 0.3) is 10.8 Å². The third kappa shape index (κ3) is 3.15. The molecule has 21 heavy (non-hydrogen) atoms. The Hall–Kier alpha value is -2.11. The number of rotatable bonds is 4. The Morgan fingerprint density at radius 3 is 2.57 bits per heavy atom. The second kappa shape index (κ2) is 6.11. The monoisotopic (exact) mass is 285 g/mol. The van der Waals surface area contributed by atoms with Crippen LogP contribution in [0, 0.1) is 0 Å². The van der Waals surface area contributed by atoms with E-state index >= 15 is 0 Å². The highest BCUT2D eigenvalue weighted by Gasteiger charge is 2.20. The molecule has 0 bridgehead atoms. The molecule has 1 aliphatic heterocycles. The lowest BCUT2D eigenvalue weighted by Gasteiger charge is -2.38. The Balaban J connectivity index is 1.94. The molecule has 1 heterocycles. The molecule has 1 aliphatic rings. The summed E-state index contributed by atoms with van der Waals surface area (Å²) >= 11 is 0. The van der Waals surface area contributed by atoms with Gasteiger partial charge in [-0.2, -0.15) is 0 Å². The van der Waals surface area contributed by atoms with Crippen molar-refractivity contribution >= 4 is 22.4 Å². The lowest BCUT2D eigenvalue weighted by Crippen LogP contribution is -2.51. The van der Waals surface area contributed by atoms with E-state index in [4.69, 9.17) is 10.5 Å². The van der Waals surface area contributed by atoms with Gasteiger partial charge in [-0.3, -0.25) is 9.80 Å². The number of benzene rings is 2. The Kier molecular flexibility index (Phi) is 4.03. The van der Waals surface area contributed by atoms with E-state index in [-0.39, 0.29) is 12.5 Å². The molecule has 0 radical (unpaired) electrons. The van der Waals surface area contributed by atoms with Gasteiger partial charge in [-0.1, -0.05) is 30.3 Å². The molecule has 0 aliphatic carbocycles. The SMILES string of the molecule is NC(=O)CN(c1ccc2ccccc2c1)N1CCOCC1. The molecule has 5 nitrogen and oxygen atoms in total. The van der Waals surface area contributed by atoms with Crippen molar-refractivity contribution in [2.75, 3.05) is 37.9 Å². The molecule has 0 atom stereocenters. The number of anilines is 1. The van der Waals surface area contributed by atoms with E-state index in [9.17, 15) is 4.79 Å². The molecule has 3 rings (SSSR count). The summed E-state index contributed by atoms with van der Waals surface area (Å²) in [6.45, 7) is 3.05. The quantitative estimate of drug-likeness (QED) is 0.922. The summed E-state index contributed by atoms with van der Waals surface area (Å²) in [5.41, 5.74) is 6.39. The van der Waals surface area contributed by atoms with Gasteiger partial charge in [0.15, 0.2) is 0 Å². The zero-order chi connectivity index (χ0) is 14.7. The number of amides is 1. The van der Waals surface area contributed by atoms with Crippen LogP contribution in [0.2, 0.25) is 0 Å². The fourth-order valence-electron chi connectivity index (χ4n) is 2.63. The summed E-state index contributed by atoms with van der Waals surface area (Å²) in [6.07, 6.45) is 0. The van der Waals surface area contributed by atoms with Gasteiger partial charge < -0.3 is 10.5 Å². The molecule has 0 saturated carbocycles. The van der Waals surface area contributed by atoms with E-state index in [1.807, 2.05) is 23.2 Å². The number of nitrogens with zero attached hydrogens (tertiary/aromatic N) is 2. The third-order valence-corrected chi connectivity index (χ3v) is 3.67. The minimum atomic E-state index is -0.338. The first-order chi connectivity index (χ1) is 10.2. The van der Waals surface area contributed by atoms with E-state index in [1.165, 1.54) is 5.39 Å². The number of fused-ring (bicyclic) bond motifs is 1. The molecule has 2 N–H and O–H groups in total. The third-order valence-electron chi connectivity index (χ3n) is 3.67. The van der Waals surface area contributed by atoms with Crippen molar-refractivity contribution in [3.8, 4) is 0 Å². The lowest BCUT2D eigenvalue weighted by molar-refractivity contribution is -0.117. The van der Waals surface area contributed by atoms with E-state index < -0.39 is 0 Å². The van der Waals surface area contributed by atoms with Crippen LogP contribution in [0.3, 0.4) is 0 Å². The van der Waals surface area contributed by atoms with Crippen LogP contribution < -0.4 is 10.7 Å². The molecule has 1 saturated heterocycles. The molecule has 1 amide bonds. The average Bonchev–Trinajstić information content (AvgIpc) is 2.53. The van der Waals surface area contributed by atoms with Gasteiger partial charge in [0.05, 0.1) is 18.9 Å². The Morgan fingerprint density at radius 2 is 1.86 bits per heavy atom. The first kappa shape index (κ1) is 13.9. The van der Waals surface area contributed by atoms with Crippen molar-refractivity contribution in [1.29, 1.82) is 0 Å². The van der Waals surface area contributed by atoms with Gasteiger partial charge in [0.25, 0.3) is 0 Å². The predicted molar refractivity (Wildman–Crippen MR) is 82.9 cm³/mol. The highest BCUT2D eigenvalue weighted by Crippen LogP contribution is 2.23. The first-order valence-corrected chi connectivity index (χ1v) is 7.11. The second-order valence-electron chi connectivity index (χ2n) is 5.12. The number of hydrogen-bond donors (Lipinski definition) is 1. The Bertz CT molecular complexity index is 638. The van der Waals surface area contributed by atoms with Gasteiger partial charge >= 0.3 is 0 Å². The summed E-state index contributed by atoms with van der Waals surface area (Å²) in [7, 11) is 0. The number of morpholine rings is 1. The second-order valence-corrected chi connectivity index (χ2v) is 5.12. The smallest absolute Gasteiger partial charge is 0.238 e. The van der Waals surface area contributed by atoms with Gasteiger partial charge in [0.1, 0.15) is 6.54 Å². The van der Waals surface area contributed by atoms with Gasteiger partial charge in [0.2, 0.25) is 5.91 Å². The summed E-state index contributed by atoms with van der Waals surface area (Å²) in [6, 6.07) is 14.4. The van der Waals surface area contributed by atoms with Crippen LogP contribution >= 0.6 is 0 Å². The molecule has 0 unspecified atom stereocenters. The molecular weight excluding hydrogens is 266 g/mol. The van der Waals surface area contributed by atoms with Crippen LogP contribution in [0.5, 0.6) is 0 Å². The molecule has 5 heteroatoms. The van der Waals surface area contributed by atoms with Gasteiger partial charge in [-0.05, 0) is 22.9 Å². The number of carbonyl (C=O) groups excluding carboxylic acids is 1. The molecular formula is C16H19N3O2. The van der Waals surface area contributed by atoms with Gasteiger partial charge in [-0.15, -0.1) is 0 Å². The number of ether oxygens (including phenoxy) is 1. The lowest BCUT2D eigenvalue weighted by atomic mass is 10.1. The zero-order valence-electron chi connectivity index (χ0n) is 11.9.